The summed E-state index contributed by atoms with van der Waals surface area (Å²) in [5.41, 5.74) is 4.31. The summed E-state index contributed by atoms with van der Waals surface area (Å²) in [6, 6.07) is 12.0. The normalized spacial score (nSPS) is 12.3. The van der Waals surface area contributed by atoms with Crippen molar-refractivity contribution in [3.05, 3.63) is 65.6 Å². The molecule has 0 spiro atoms. The molecule has 0 unspecified atom stereocenters. The highest BCUT2D eigenvalue weighted by Crippen LogP contribution is 2.24. The van der Waals surface area contributed by atoms with Gasteiger partial charge in [0.2, 0.25) is 5.91 Å². The van der Waals surface area contributed by atoms with Gasteiger partial charge in [-0.05, 0) is 43.2 Å². The number of carbonyl (C=O) groups is 1. The lowest BCUT2D eigenvalue weighted by Gasteiger charge is -2.25. The fourth-order valence-corrected chi connectivity index (χ4v) is 2.92. The highest BCUT2D eigenvalue weighted by molar-refractivity contribution is 5.90. The van der Waals surface area contributed by atoms with Crippen molar-refractivity contribution in [1.82, 2.24) is 14.9 Å². The summed E-state index contributed by atoms with van der Waals surface area (Å²) in [5, 5.41) is 1.13. The van der Waals surface area contributed by atoms with Crippen molar-refractivity contribution in [1.29, 1.82) is 0 Å². The lowest BCUT2D eigenvalue weighted by atomic mass is 10.1. The lowest BCUT2D eigenvalue weighted by Crippen LogP contribution is -2.31. The van der Waals surface area contributed by atoms with Crippen molar-refractivity contribution in [2.75, 3.05) is 7.05 Å². The van der Waals surface area contributed by atoms with Crippen LogP contribution in [0.3, 0.4) is 0 Å². The molecular formula is C19H21N3O. The predicted molar refractivity (Wildman–Crippen MR) is 92.2 cm³/mol. The number of benzene rings is 1. The fourth-order valence-electron chi connectivity index (χ4n) is 2.92. The molecule has 0 aliphatic carbocycles. The predicted octanol–water partition coefficient (Wildman–Crippen LogP) is 3.63. The van der Waals surface area contributed by atoms with Gasteiger partial charge in [0.15, 0.2) is 0 Å². The second-order valence-corrected chi connectivity index (χ2v) is 5.91. The van der Waals surface area contributed by atoms with E-state index in [9.17, 15) is 4.79 Å². The molecule has 2 heterocycles. The Morgan fingerprint density at radius 2 is 1.91 bits per heavy atom. The van der Waals surface area contributed by atoms with E-state index in [0.29, 0.717) is 6.42 Å². The lowest BCUT2D eigenvalue weighted by molar-refractivity contribution is -0.131. The number of likely N-dealkylation sites (N-methyl/N-ethyl adjacent to an activating group) is 1. The van der Waals surface area contributed by atoms with Crippen LogP contribution < -0.4 is 0 Å². The first kappa shape index (κ1) is 15.3. The van der Waals surface area contributed by atoms with Gasteiger partial charge in [-0.2, -0.15) is 0 Å². The Bertz CT molecular complexity index is 823. The van der Waals surface area contributed by atoms with Gasteiger partial charge in [0, 0.05) is 36.0 Å². The van der Waals surface area contributed by atoms with Gasteiger partial charge in [0.05, 0.1) is 12.5 Å². The van der Waals surface area contributed by atoms with Crippen molar-refractivity contribution < 1.29 is 4.79 Å². The zero-order valence-electron chi connectivity index (χ0n) is 13.7. The molecular weight excluding hydrogens is 286 g/mol. The maximum absolute atomic E-state index is 12.7. The number of rotatable bonds is 4. The van der Waals surface area contributed by atoms with Crippen molar-refractivity contribution >= 4 is 16.8 Å². The summed E-state index contributed by atoms with van der Waals surface area (Å²) < 4.78 is 0. The number of H-pyrrole nitrogens is 1. The van der Waals surface area contributed by atoms with Crippen molar-refractivity contribution in [2.24, 2.45) is 0 Å². The number of hydrogen-bond donors (Lipinski definition) is 1. The number of nitrogens with zero attached hydrogens (tertiary/aromatic N) is 2. The summed E-state index contributed by atoms with van der Waals surface area (Å²) >= 11 is 0. The molecule has 1 atom stereocenters. The SMILES string of the molecule is Cc1[nH]c2ccccc2c1CC(=O)N(C)[C@@H](C)c1ccncc1. The number of aromatic nitrogens is 2. The van der Waals surface area contributed by atoms with Crippen LogP contribution in [-0.4, -0.2) is 27.8 Å². The molecule has 23 heavy (non-hydrogen) atoms. The molecule has 118 valence electrons. The Labute approximate surface area is 136 Å². The number of fused-ring (bicyclic) bond motifs is 1. The largest absolute Gasteiger partial charge is 0.358 e. The summed E-state index contributed by atoms with van der Waals surface area (Å²) in [5.74, 6) is 0.113. The van der Waals surface area contributed by atoms with E-state index in [0.717, 1.165) is 27.7 Å². The molecule has 0 saturated heterocycles. The molecule has 0 aliphatic heterocycles. The monoisotopic (exact) mass is 307 g/mol. The molecule has 3 rings (SSSR count). The van der Waals surface area contributed by atoms with Crippen LogP contribution in [0.25, 0.3) is 10.9 Å². The first-order chi connectivity index (χ1) is 11.1. The van der Waals surface area contributed by atoms with Crippen LogP contribution >= 0.6 is 0 Å². The maximum Gasteiger partial charge on any atom is 0.227 e. The summed E-state index contributed by atoms with van der Waals surface area (Å²) in [4.78, 5) is 21.9. The van der Waals surface area contributed by atoms with Gasteiger partial charge in [-0.1, -0.05) is 18.2 Å². The van der Waals surface area contributed by atoms with Crippen molar-refractivity contribution in [3.8, 4) is 0 Å². The number of carbonyl (C=O) groups excluding carboxylic acids is 1. The van der Waals surface area contributed by atoms with Crippen LogP contribution in [0.1, 0.15) is 29.8 Å². The highest BCUT2D eigenvalue weighted by Gasteiger charge is 2.20. The average Bonchev–Trinajstić information content (AvgIpc) is 2.90. The third-order valence-corrected chi connectivity index (χ3v) is 4.52. The smallest absolute Gasteiger partial charge is 0.227 e. The zero-order valence-corrected chi connectivity index (χ0v) is 13.7. The Kier molecular flexibility index (Phi) is 4.15. The highest BCUT2D eigenvalue weighted by atomic mass is 16.2. The van der Waals surface area contributed by atoms with Crippen molar-refractivity contribution in [3.63, 3.8) is 0 Å². The van der Waals surface area contributed by atoms with Crippen LogP contribution in [0.5, 0.6) is 0 Å². The Morgan fingerprint density at radius 1 is 1.22 bits per heavy atom. The molecule has 0 fully saturated rings. The van der Waals surface area contributed by atoms with Gasteiger partial charge < -0.3 is 9.88 Å². The van der Waals surface area contributed by atoms with E-state index in [4.69, 9.17) is 0 Å². The second kappa shape index (κ2) is 6.24. The molecule has 1 aromatic carbocycles. The third kappa shape index (κ3) is 2.97. The van der Waals surface area contributed by atoms with Gasteiger partial charge in [0.1, 0.15) is 0 Å². The van der Waals surface area contributed by atoms with E-state index >= 15 is 0 Å². The molecule has 4 heteroatoms. The molecule has 0 aliphatic rings. The van der Waals surface area contributed by atoms with Gasteiger partial charge in [-0.25, -0.2) is 0 Å². The van der Waals surface area contributed by atoms with E-state index < -0.39 is 0 Å². The molecule has 3 aromatic rings. The van der Waals surface area contributed by atoms with E-state index in [-0.39, 0.29) is 11.9 Å². The fraction of sp³-hybridized carbons (Fsp3) is 0.263. The Hall–Kier alpha value is -2.62. The maximum atomic E-state index is 12.7. The Balaban J connectivity index is 1.82. The van der Waals surface area contributed by atoms with Crippen LogP contribution in [0.4, 0.5) is 0 Å². The third-order valence-electron chi connectivity index (χ3n) is 4.52. The first-order valence-electron chi connectivity index (χ1n) is 7.79. The number of aromatic amines is 1. The molecule has 4 nitrogen and oxygen atoms in total. The molecule has 0 saturated carbocycles. The van der Waals surface area contributed by atoms with Crippen LogP contribution in [0, 0.1) is 6.92 Å². The van der Waals surface area contributed by atoms with Crippen molar-refractivity contribution in [2.45, 2.75) is 26.3 Å². The first-order valence-corrected chi connectivity index (χ1v) is 7.79. The molecule has 0 bridgehead atoms. The standard InChI is InChI=1S/C19H21N3O/c1-13-17(16-6-4-5-7-18(16)21-13)12-19(23)22(3)14(2)15-8-10-20-11-9-15/h4-11,14,21H,12H2,1-3H3/t14-/m0/s1. The minimum absolute atomic E-state index is 0.0241. The van der Waals surface area contributed by atoms with E-state index in [1.54, 1.807) is 17.3 Å². The molecule has 1 N–H and O–H groups in total. The minimum Gasteiger partial charge on any atom is -0.358 e. The quantitative estimate of drug-likeness (QED) is 0.800. The van der Waals surface area contributed by atoms with Crippen LogP contribution in [0.2, 0.25) is 0 Å². The minimum atomic E-state index is 0.0241. The molecule has 1 amide bonds. The summed E-state index contributed by atoms with van der Waals surface area (Å²) in [6.45, 7) is 4.06. The van der Waals surface area contributed by atoms with Crippen LogP contribution in [-0.2, 0) is 11.2 Å². The average molecular weight is 307 g/mol. The molecule has 2 aromatic heterocycles. The second-order valence-electron chi connectivity index (χ2n) is 5.91. The molecule has 0 radical (unpaired) electrons. The van der Waals surface area contributed by atoms with E-state index in [1.165, 1.54) is 0 Å². The summed E-state index contributed by atoms with van der Waals surface area (Å²) in [7, 11) is 1.86. The van der Waals surface area contributed by atoms with Gasteiger partial charge in [-0.15, -0.1) is 0 Å². The number of hydrogen-bond acceptors (Lipinski definition) is 2. The van der Waals surface area contributed by atoms with Gasteiger partial charge in [0.25, 0.3) is 0 Å². The number of aryl methyl sites for hydroxylation is 1. The van der Waals surface area contributed by atoms with Gasteiger partial charge in [-0.3, -0.25) is 9.78 Å². The number of para-hydroxylation sites is 1. The van der Waals surface area contributed by atoms with E-state index in [1.807, 2.05) is 51.2 Å². The summed E-state index contributed by atoms with van der Waals surface area (Å²) in [6.07, 6.45) is 3.92. The number of amides is 1. The zero-order chi connectivity index (χ0) is 16.4. The van der Waals surface area contributed by atoms with E-state index in [2.05, 4.69) is 16.0 Å². The van der Waals surface area contributed by atoms with Gasteiger partial charge >= 0.3 is 0 Å². The topological polar surface area (TPSA) is 49.0 Å². The Morgan fingerprint density at radius 3 is 2.65 bits per heavy atom. The van der Waals surface area contributed by atoms with Crippen LogP contribution in [0.15, 0.2) is 48.8 Å². The number of pyridine rings is 1. The number of nitrogens with one attached hydrogen (secondary N) is 1.